The van der Waals surface area contributed by atoms with Crippen molar-refractivity contribution in [3.05, 3.63) is 63.3 Å². The van der Waals surface area contributed by atoms with Gasteiger partial charge in [0.15, 0.2) is 0 Å². The number of aromatic nitrogens is 3. The van der Waals surface area contributed by atoms with Crippen molar-refractivity contribution in [3.8, 4) is 0 Å². The van der Waals surface area contributed by atoms with E-state index in [2.05, 4.69) is 44.3 Å². The molecular formula is C23H27N5O2S. The molecule has 3 aromatic rings. The second-order valence-electron chi connectivity index (χ2n) is 8.78. The Kier molecular flexibility index (Phi) is 5.14. The summed E-state index contributed by atoms with van der Waals surface area (Å²) in [4.78, 5) is 22.9. The van der Waals surface area contributed by atoms with Crippen molar-refractivity contribution < 1.29 is 9.21 Å². The number of benzene rings is 1. The monoisotopic (exact) mass is 437 g/mol. The molecule has 31 heavy (non-hydrogen) atoms. The van der Waals surface area contributed by atoms with Gasteiger partial charge in [0, 0.05) is 45.6 Å². The quantitative estimate of drug-likeness (QED) is 0.623. The van der Waals surface area contributed by atoms with Crippen LogP contribution in [0.4, 0.5) is 0 Å². The van der Waals surface area contributed by atoms with E-state index < -0.39 is 0 Å². The van der Waals surface area contributed by atoms with Crippen LogP contribution >= 0.6 is 11.3 Å². The zero-order chi connectivity index (χ0) is 21.6. The van der Waals surface area contributed by atoms with E-state index in [1.165, 1.54) is 16.9 Å². The molecule has 2 aliphatic heterocycles. The molecule has 1 amide bonds. The van der Waals surface area contributed by atoms with Gasteiger partial charge in [0.05, 0.1) is 16.1 Å². The van der Waals surface area contributed by atoms with Gasteiger partial charge in [0.25, 0.3) is 5.91 Å². The summed E-state index contributed by atoms with van der Waals surface area (Å²) in [6.45, 7) is 9.75. The number of fused-ring (bicyclic) bond motifs is 1. The van der Waals surface area contributed by atoms with Gasteiger partial charge >= 0.3 is 0 Å². The molecule has 162 valence electrons. The Balaban J connectivity index is 1.41. The van der Waals surface area contributed by atoms with E-state index in [4.69, 9.17) is 4.42 Å². The second kappa shape index (κ2) is 7.84. The van der Waals surface area contributed by atoms with Crippen LogP contribution in [0.2, 0.25) is 0 Å². The van der Waals surface area contributed by atoms with E-state index in [1.807, 2.05) is 31.7 Å². The lowest BCUT2D eigenvalue weighted by atomic mass is 9.72. The van der Waals surface area contributed by atoms with E-state index in [1.54, 1.807) is 0 Å². The number of piperidine rings is 1. The van der Waals surface area contributed by atoms with Crippen LogP contribution in [0, 0.1) is 26.7 Å². The standard InChI is InChI=1S/C23H27N5O2S/c1-15-20(31-17(3)24-15)21(29)28-10-9-23(22-26-25-16(2)30-22)14-27(12-19(23)13-28)11-18-7-5-4-6-8-18/h4-8,19H,9-14H2,1-3H3/t19-,23+/m1/s1. The molecule has 2 saturated heterocycles. The molecule has 0 bridgehead atoms. The highest BCUT2D eigenvalue weighted by molar-refractivity contribution is 7.13. The van der Waals surface area contributed by atoms with Crippen LogP contribution in [-0.2, 0) is 12.0 Å². The largest absolute Gasteiger partial charge is 0.425 e. The zero-order valence-corrected chi connectivity index (χ0v) is 19.0. The molecule has 0 saturated carbocycles. The number of carbonyl (C=O) groups is 1. The summed E-state index contributed by atoms with van der Waals surface area (Å²) >= 11 is 1.49. The topological polar surface area (TPSA) is 75.4 Å². The Bertz CT molecular complexity index is 1090. The first-order valence-corrected chi connectivity index (χ1v) is 11.6. The van der Waals surface area contributed by atoms with Crippen LogP contribution in [0.1, 0.15) is 44.1 Å². The van der Waals surface area contributed by atoms with E-state index in [0.29, 0.717) is 19.0 Å². The molecular weight excluding hydrogens is 410 g/mol. The fraction of sp³-hybridized carbons (Fsp3) is 0.478. The van der Waals surface area contributed by atoms with Crippen molar-refractivity contribution in [1.82, 2.24) is 25.0 Å². The number of hydrogen-bond donors (Lipinski definition) is 0. The molecule has 0 N–H and O–H groups in total. The first-order chi connectivity index (χ1) is 14.9. The van der Waals surface area contributed by atoms with Gasteiger partial charge in [-0.05, 0) is 25.8 Å². The number of rotatable bonds is 4. The predicted octanol–water partition coefficient (Wildman–Crippen LogP) is 3.37. The highest BCUT2D eigenvalue weighted by Crippen LogP contribution is 2.45. The number of likely N-dealkylation sites (tertiary alicyclic amines) is 2. The lowest BCUT2D eigenvalue weighted by Gasteiger charge is -2.41. The highest BCUT2D eigenvalue weighted by Gasteiger charge is 2.54. The molecule has 2 atom stereocenters. The summed E-state index contributed by atoms with van der Waals surface area (Å²) in [6.07, 6.45) is 0.827. The fourth-order valence-corrected chi connectivity index (χ4v) is 6.04. The van der Waals surface area contributed by atoms with Crippen molar-refractivity contribution in [1.29, 1.82) is 0 Å². The van der Waals surface area contributed by atoms with E-state index in [0.717, 1.165) is 47.5 Å². The van der Waals surface area contributed by atoms with Gasteiger partial charge in [0.2, 0.25) is 11.8 Å². The van der Waals surface area contributed by atoms with Gasteiger partial charge in [-0.25, -0.2) is 4.98 Å². The van der Waals surface area contributed by atoms with Crippen LogP contribution in [0.25, 0.3) is 0 Å². The maximum atomic E-state index is 13.3. The number of aryl methyl sites for hydroxylation is 3. The van der Waals surface area contributed by atoms with Gasteiger partial charge in [-0.3, -0.25) is 9.69 Å². The van der Waals surface area contributed by atoms with Crippen LogP contribution < -0.4 is 0 Å². The Morgan fingerprint density at radius 1 is 1.19 bits per heavy atom. The second-order valence-corrected chi connectivity index (χ2v) is 9.99. The summed E-state index contributed by atoms with van der Waals surface area (Å²) in [5.74, 6) is 1.67. The number of nitrogens with zero attached hydrogens (tertiary/aromatic N) is 5. The summed E-state index contributed by atoms with van der Waals surface area (Å²) in [6, 6.07) is 10.5. The smallest absolute Gasteiger partial charge is 0.265 e. The van der Waals surface area contributed by atoms with E-state index in [-0.39, 0.29) is 17.2 Å². The van der Waals surface area contributed by atoms with Gasteiger partial charge in [0.1, 0.15) is 4.88 Å². The molecule has 7 nitrogen and oxygen atoms in total. The van der Waals surface area contributed by atoms with Crippen molar-refractivity contribution in [2.75, 3.05) is 26.2 Å². The lowest BCUT2D eigenvalue weighted by molar-refractivity contribution is 0.0571. The molecule has 0 unspecified atom stereocenters. The van der Waals surface area contributed by atoms with E-state index in [9.17, 15) is 4.79 Å². The number of thiazole rings is 1. The summed E-state index contributed by atoms with van der Waals surface area (Å²) in [5.41, 5.74) is 1.92. The van der Waals surface area contributed by atoms with Gasteiger partial charge in [-0.1, -0.05) is 30.3 Å². The molecule has 1 aromatic carbocycles. The van der Waals surface area contributed by atoms with Gasteiger partial charge < -0.3 is 9.32 Å². The van der Waals surface area contributed by atoms with Crippen molar-refractivity contribution in [2.24, 2.45) is 5.92 Å². The van der Waals surface area contributed by atoms with Crippen LogP contribution in [0.15, 0.2) is 34.7 Å². The fourth-order valence-electron chi connectivity index (χ4n) is 5.15. The normalized spacial score (nSPS) is 23.8. The van der Waals surface area contributed by atoms with Crippen molar-refractivity contribution in [2.45, 2.75) is 39.2 Å². The summed E-state index contributed by atoms with van der Waals surface area (Å²) < 4.78 is 5.97. The highest BCUT2D eigenvalue weighted by atomic mass is 32.1. The van der Waals surface area contributed by atoms with Crippen LogP contribution in [0.5, 0.6) is 0 Å². The molecule has 2 aromatic heterocycles. The Morgan fingerprint density at radius 2 is 2.00 bits per heavy atom. The minimum Gasteiger partial charge on any atom is -0.425 e. The first kappa shape index (κ1) is 20.3. The number of amides is 1. The molecule has 5 rings (SSSR count). The Hall–Kier alpha value is -2.58. The molecule has 0 aliphatic carbocycles. The average Bonchev–Trinajstić information content (AvgIpc) is 3.44. The first-order valence-electron chi connectivity index (χ1n) is 10.7. The SMILES string of the molecule is Cc1nnc([C@]23CCN(C(=O)c4sc(C)nc4C)C[C@H]2CN(Cc2ccccc2)C3)o1. The average molecular weight is 438 g/mol. The third kappa shape index (κ3) is 3.68. The molecule has 0 radical (unpaired) electrons. The van der Waals surface area contributed by atoms with Gasteiger partial charge in [-0.15, -0.1) is 21.5 Å². The molecule has 2 fully saturated rings. The summed E-state index contributed by atoms with van der Waals surface area (Å²) in [5, 5.41) is 9.49. The third-order valence-electron chi connectivity index (χ3n) is 6.62. The molecule has 0 spiro atoms. The van der Waals surface area contributed by atoms with Crippen LogP contribution in [0.3, 0.4) is 0 Å². The lowest BCUT2D eigenvalue weighted by Crippen LogP contribution is -2.51. The van der Waals surface area contributed by atoms with Crippen LogP contribution in [-0.4, -0.2) is 57.1 Å². The molecule has 2 aliphatic rings. The molecule has 8 heteroatoms. The number of hydrogen-bond acceptors (Lipinski definition) is 7. The zero-order valence-electron chi connectivity index (χ0n) is 18.2. The number of carbonyl (C=O) groups excluding carboxylic acids is 1. The van der Waals surface area contributed by atoms with Crippen molar-refractivity contribution in [3.63, 3.8) is 0 Å². The minimum atomic E-state index is -0.203. The summed E-state index contributed by atoms with van der Waals surface area (Å²) in [7, 11) is 0. The molecule has 4 heterocycles. The maximum absolute atomic E-state index is 13.3. The third-order valence-corrected chi connectivity index (χ3v) is 7.68. The van der Waals surface area contributed by atoms with Crippen molar-refractivity contribution >= 4 is 17.2 Å². The maximum Gasteiger partial charge on any atom is 0.265 e. The van der Waals surface area contributed by atoms with Gasteiger partial charge in [-0.2, -0.15) is 0 Å². The Morgan fingerprint density at radius 3 is 2.68 bits per heavy atom. The predicted molar refractivity (Wildman–Crippen MR) is 118 cm³/mol. The van der Waals surface area contributed by atoms with E-state index >= 15 is 0 Å². The Labute approximate surface area is 186 Å². The minimum absolute atomic E-state index is 0.0971.